The Bertz CT molecular complexity index is 977. The number of hydrogen-bond donors (Lipinski definition) is 1. The molecule has 0 radical (unpaired) electrons. The standard InChI is InChI=1S/C26H35N3O5/c1-6-34-21-10-8-20(9-11-21)27-26(31)29-14-13-28(17-22(29)18(2)3)25(30)16-19-7-12-23(32-4)24(15-19)33-5/h7-12,15,18,22H,6,13-14,16-17H2,1-5H3,(H,27,31). The molecule has 1 unspecified atom stereocenters. The van der Waals surface area contributed by atoms with Gasteiger partial charge in [0.25, 0.3) is 0 Å². The monoisotopic (exact) mass is 469 g/mol. The maximum atomic E-state index is 13.1. The van der Waals surface area contributed by atoms with Crippen molar-refractivity contribution in [3.8, 4) is 17.2 Å². The van der Waals surface area contributed by atoms with Crippen LogP contribution in [0.3, 0.4) is 0 Å². The van der Waals surface area contributed by atoms with Crippen LogP contribution in [0.2, 0.25) is 0 Å². The van der Waals surface area contributed by atoms with Crippen molar-refractivity contribution in [3.05, 3.63) is 48.0 Å². The van der Waals surface area contributed by atoms with Crippen LogP contribution >= 0.6 is 0 Å². The third kappa shape index (κ3) is 6.12. The van der Waals surface area contributed by atoms with E-state index in [9.17, 15) is 9.59 Å². The van der Waals surface area contributed by atoms with Crippen molar-refractivity contribution >= 4 is 17.6 Å². The van der Waals surface area contributed by atoms with E-state index in [1.165, 1.54) is 0 Å². The van der Waals surface area contributed by atoms with Crippen LogP contribution < -0.4 is 19.5 Å². The Balaban J connectivity index is 1.63. The van der Waals surface area contributed by atoms with E-state index in [1.54, 1.807) is 14.2 Å². The van der Waals surface area contributed by atoms with E-state index in [0.717, 1.165) is 11.3 Å². The molecule has 2 aromatic rings. The van der Waals surface area contributed by atoms with Gasteiger partial charge in [0.2, 0.25) is 5.91 Å². The molecule has 0 aromatic heterocycles. The summed E-state index contributed by atoms with van der Waals surface area (Å²) in [6.07, 6.45) is 0.267. The first kappa shape index (κ1) is 25.2. The Morgan fingerprint density at radius 1 is 1.03 bits per heavy atom. The lowest BCUT2D eigenvalue weighted by atomic mass is 9.99. The summed E-state index contributed by atoms with van der Waals surface area (Å²) in [7, 11) is 3.16. The Labute approximate surface area is 201 Å². The highest BCUT2D eigenvalue weighted by Crippen LogP contribution is 2.28. The Morgan fingerprint density at radius 3 is 2.35 bits per heavy atom. The lowest BCUT2D eigenvalue weighted by molar-refractivity contribution is -0.133. The Morgan fingerprint density at radius 2 is 1.74 bits per heavy atom. The number of carbonyl (C=O) groups is 2. The zero-order valence-corrected chi connectivity index (χ0v) is 20.7. The molecule has 0 aliphatic carbocycles. The molecule has 1 aliphatic rings. The van der Waals surface area contributed by atoms with Crippen LogP contribution in [0.15, 0.2) is 42.5 Å². The quantitative estimate of drug-likeness (QED) is 0.631. The number of nitrogens with one attached hydrogen (secondary N) is 1. The molecular weight excluding hydrogens is 434 g/mol. The van der Waals surface area contributed by atoms with Crippen molar-refractivity contribution in [2.45, 2.75) is 33.2 Å². The van der Waals surface area contributed by atoms with Gasteiger partial charge in [-0.3, -0.25) is 4.79 Å². The number of piperazine rings is 1. The van der Waals surface area contributed by atoms with E-state index in [1.807, 2.05) is 59.2 Å². The summed E-state index contributed by atoms with van der Waals surface area (Å²) in [4.78, 5) is 29.8. The van der Waals surface area contributed by atoms with Crippen LogP contribution in [0.5, 0.6) is 17.2 Å². The average Bonchev–Trinajstić information content (AvgIpc) is 2.84. The fourth-order valence-corrected chi connectivity index (χ4v) is 4.13. The van der Waals surface area contributed by atoms with E-state index in [0.29, 0.717) is 43.4 Å². The number of carbonyl (C=O) groups excluding carboxylic acids is 2. The highest BCUT2D eigenvalue weighted by atomic mass is 16.5. The van der Waals surface area contributed by atoms with Gasteiger partial charge in [-0.2, -0.15) is 0 Å². The van der Waals surface area contributed by atoms with Crippen LogP contribution in [0.25, 0.3) is 0 Å². The van der Waals surface area contributed by atoms with Crippen LogP contribution in [0.1, 0.15) is 26.3 Å². The minimum Gasteiger partial charge on any atom is -0.494 e. The number of anilines is 1. The summed E-state index contributed by atoms with van der Waals surface area (Å²) in [5.41, 5.74) is 1.57. The molecule has 3 amide bonds. The zero-order valence-electron chi connectivity index (χ0n) is 20.7. The Hall–Kier alpha value is -3.42. The summed E-state index contributed by atoms with van der Waals surface area (Å²) in [5, 5.41) is 2.98. The van der Waals surface area contributed by atoms with Crippen molar-refractivity contribution in [3.63, 3.8) is 0 Å². The van der Waals surface area contributed by atoms with E-state index < -0.39 is 0 Å². The van der Waals surface area contributed by atoms with Gasteiger partial charge in [0.1, 0.15) is 5.75 Å². The second kappa shape index (κ2) is 11.6. The molecule has 1 atom stereocenters. The van der Waals surface area contributed by atoms with Gasteiger partial charge in [-0.1, -0.05) is 19.9 Å². The third-order valence-electron chi connectivity index (χ3n) is 6.02. The lowest BCUT2D eigenvalue weighted by Gasteiger charge is -2.43. The predicted molar refractivity (Wildman–Crippen MR) is 132 cm³/mol. The summed E-state index contributed by atoms with van der Waals surface area (Å²) in [5.74, 6) is 2.23. The van der Waals surface area contributed by atoms with Crippen LogP contribution in [-0.2, 0) is 11.2 Å². The molecule has 0 saturated carbocycles. The fourth-order valence-electron chi connectivity index (χ4n) is 4.13. The molecule has 184 valence electrons. The molecule has 1 aliphatic heterocycles. The lowest BCUT2D eigenvalue weighted by Crippen LogP contribution is -2.59. The van der Waals surface area contributed by atoms with Gasteiger partial charge in [0, 0.05) is 25.3 Å². The van der Waals surface area contributed by atoms with Gasteiger partial charge < -0.3 is 29.3 Å². The molecule has 1 heterocycles. The van der Waals surface area contributed by atoms with Crippen molar-refractivity contribution in [1.29, 1.82) is 0 Å². The topological polar surface area (TPSA) is 80.3 Å². The van der Waals surface area contributed by atoms with Gasteiger partial charge in [-0.05, 0) is 54.8 Å². The number of nitrogens with zero attached hydrogens (tertiary/aromatic N) is 2. The first-order valence-electron chi connectivity index (χ1n) is 11.6. The summed E-state index contributed by atoms with van der Waals surface area (Å²) in [6, 6.07) is 12.6. The van der Waals surface area contributed by atoms with Gasteiger partial charge >= 0.3 is 6.03 Å². The smallest absolute Gasteiger partial charge is 0.322 e. The number of amides is 3. The normalized spacial score (nSPS) is 15.8. The van der Waals surface area contributed by atoms with E-state index >= 15 is 0 Å². The molecular formula is C26H35N3O5. The number of hydrogen-bond acceptors (Lipinski definition) is 5. The Kier molecular flexibility index (Phi) is 8.62. The predicted octanol–water partition coefficient (Wildman–Crippen LogP) is 4.05. The van der Waals surface area contributed by atoms with Crippen LogP contribution in [0, 0.1) is 5.92 Å². The fraction of sp³-hybridized carbons (Fsp3) is 0.462. The van der Waals surface area contributed by atoms with Gasteiger partial charge in [-0.25, -0.2) is 4.79 Å². The number of benzene rings is 2. The molecule has 8 heteroatoms. The summed E-state index contributed by atoms with van der Waals surface area (Å²) < 4.78 is 16.1. The van der Waals surface area contributed by atoms with Gasteiger partial charge in [-0.15, -0.1) is 0 Å². The second-order valence-electron chi connectivity index (χ2n) is 8.60. The number of ether oxygens (including phenoxy) is 3. The molecule has 34 heavy (non-hydrogen) atoms. The molecule has 3 rings (SSSR count). The third-order valence-corrected chi connectivity index (χ3v) is 6.02. The largest absolute Gasteiger partial charge is 0.494 e. The summed E-state index contributed by atoms with van der Waals surface area (Å²) >= 11 is 0. The average molecular weight is 470 g/mol. The first-order chi connectivity index (χ1) is 16.4. The first-order valence-corrected chi connectivity index (χ1v) is 11.6. The molecule has 0 spiro atoms. The molecule has 8 nitrogen and oxygen atoms in total. The van der Waals surface area contributed by atoms with E-state index in [2.05, 4.69) is 19.2 Å². The highest BCUT2D eigenvalue weighted by Gasteiger charge is 2.34. The number of urea groups is 1. The van der Waals surface area contributed by atoms with Crippen molar-refractivity contribution in [2.75, 3.05) is 45.8 Å². The van der Waals surface area contributed by atoms with Crippen molar-refractivity contribution < 1.29 is 23.8 Å². The van der Waals surface area contributed by atoms with Gasteiger partial charge in [0.05, 0.1) is 33.3 Å². The van der Waals surface area contributed by atoms with Crippen LogP contribution in [-0.4, -0.2) is 68.2 Å². The van der Waals surface area contributed by atoms with Gasteiger partial charge in [0.15, 0.2) is 11.5 Å². The molecule has 1 saturated heterocycles. The molecule has 1 fully saturated rings. The molecule has 2 aromatic carbocycles. The van der Waals surface area contributed by atoms with Crippen LogP contribution in [0.4, 0.5) is 10.5 Å². The number of methoxy groups -OCH3 is 2. The maximum Gasteiger partial charge on any atom is 0.322 e. The minimum atomic E-state index is -0.158. The van der Waals surface area contributed by atoms with E-state index in [-0.39, 0.29) is 30.3 Å². The van der Waals surface area contributed by atoms with E-state index in [4.69, 9.17) is 14.2 Å². The summed E-state index contributed by atoms with van der Waals surface area (Å²) in [6.45, 7) is 8.14. The molecule has 1 N–H and O–H groups in total. The van der Waals surface area contributed by atoms with Crippen molar-refractivity contribution in [1.82, 2.24) is 9.80 Å². The SMILES string of the molecule is CCOc1ccc(NC(=O)N2CCN(C(=O)Cc3ccc(OC)c(OC)c3)CC2C(C)C)cc1. The zero-order chi connectivity index (χ0) is 24.7. The second-order valence-corrected chi connectivity index (χ2v) is 8.60. The van der Waals surface area contributed by atoms with Crippen molar-refractivity contribution in [2.24, 2.45) is 5.92 Å². The highest BCUT2D eigenvalue weighted by molar-refractivity contribution is 5.90. The number of rotatable bonds is 8. The molecule has 0 bridgehead atoms. The maximum absolute atomic E-state index is 13.1. The minimum absolute atomic E-state index is 0.0319.